The highest BCUT2D eigenvalue weighted by Gasteiger charge is 2.19. The minimum absolute atomic E-state index is 0.0245. The molecule has 0 bridgehead atoms. The molecule has 0 radical (unpaired) electrons. The molecule has 9 heteroatoms. The molecule has 1 aromatic carbocycles. The van der Waals surface area contributed by atoms with Crippen LogP contribution >= 0.6 is 11.3 Å². The lowest BCUT2D eigenvalue weighted by Gasteiger charge is -2.11. The number of anilines is 1. The number of carbonyl (C=O) groups is 2. The van der Waals surface area contributed by atoms with Gasteiger partial charge in [0.15, 0.2) is 12.4 Å². The normalized spacial score (nSPS) is 10.1. The Morgan fingerprint density at radius 2 is 2.12 bits per heavy atom. The van der Waals surface area contributed by atoms with E-state index in [2.05, 4.69) is 5.32 Å². The van der Waals surface area contributed by atoms with Gasteiger partial charge >= 0.3 is 11.7 Å². The molecular formula is C15H14N2O6S. The number of hydrogen-bond donors (Lipinski definition) is 1. The van der Waals surface area contributed by atoms with Gasteiger partial charge in [0.05, 0.1) is 12.0 Å². The fourth-order valence-corrected chi connectivity index (χ4v) is 2.51. The summed E-state index contributed by atoms with van der Waals surface area (Å²) in [4.78, 5) is 34.3. The molecule has 0 unspecified atom stereocenters. The molecule has 126 valence electrons. The van der Waals surface area contributed by atoms with E-state index >= 15 is 0 Å². The molecule has 1 amide bonds. The summed E-state index contributed by atoms with van der Waals surface area (Å²) in [6, 6.07) is 5.95. The van der Waals surface area contributed by atoms with Gasteiger partial charge in [-0.25, -0.2) is 4.79 Å². The van der Waals surface area contributed by atoms with Crippen LogP contribution in [0.15, 0.2) is 29.6 Å². The largest absolute Gasteiger partial charge is 0.490 e. The summed E-state index contributed by atoms with van der Waals surface area (Å²) in [6.07, 6.45) is 0. The van der Waals surface area contributed by atoms with Gasteiger partial charge in [0, 0.05) is 17.8 Å². The maximum Gasteiger partial charge on any atom is 0.348 e. The lowest BCUT2D eigenvalue weighted by Crippen LogP contribution is -2.21. The fraction of sp³-hybridized carbons (Fsp3) is 0.200. The van der Waals surface area contributed by atoms with Crippen molar-refractivity contribution in [3.63, 3.8) is 0 Å². The number of methoxy groups -OCH3 is 1. The van der Waals surface area contributed by atoms with Crippen molar-refractivity contribution in [2.45, 2.75) is 6.92 Å². The van der Waals surface area contributed by atoms with Gasteiger partial charge in [-0.1, -0.05) is 6.07 Å². The van der Waals surface area contributed by atoms with Crippen molar-refractivity contribution in [1.82, 2.24) is 0 Å². The zero-order chi connectivity index (χ0) is 17.7. The highest BCUT2D eigenvalue weighted by atomic mass is 32.1. The summed E-state index contributed by atoms with van der Waals surface area (Å²) in [5.41, 5.74) is 0.632. The van der Waals surface area contributed by atoms with Crippen LogP contribution < -0.4 is 10.1 Å². The van der Waals surface area contributed by atoms with Gasteiger partial charge in [0.1, 0.15) is 4.88 Å². The molecule has 2 aromatic rings. The first-order chi connectivity index (χ1) is 11.4. The SMILES string of the molecule is COc1cc(NC(=O)COC(=O)c2cccs2)c(C)cc1[N+](=O)[O-]. The van der Waals surface area contributed by atoms with E-state index in [0.29, 0.717) is 16.1 Å². The van der Waals surface area contributed by atoms with Crippen LogP contribution in [0.4, 0.5) is 11.4 Å². The monoisotopic (exact) mass is 350 g/mol. The third kappa shape index (κ3) is 4.07. The predicted octanol–water partition coefficient (Wildman–Crippen LogP) is 2.77. The number of rotatable bonds is 6. The number of hydrogen-bond acceptors (Lipinski definition) is 7. The molecule has 0 aliphatic carbocycles. The van der Waals surface area contributed by atoms with Crippen molar-refractivity contribution in [1.29, 1.82) is 0 Å². The Balaban J connectivity index is 2.03. The second-order valence-electron chi connectivity index (χ2n) is 4.70. The zero-order valence-corrected chi connectivity index (χ0v) is 13.7. The summed E-state index contributed by atoms with van der Waals surface area (Å²) in [5.74, 6) is -1.12. The van der Waals surface area contributed by atoms with E-state index in [1.807, 2.05) is 0 Å². The number of aryl methyl sites for hydroxylation is 1. The van der Waals surface area contributed by atoms with E-state index in [4.69, 9.17) is 9.47 Å². The van der Waals surface area contributed by atoms with E-state index in [9.17, 15) is 19.7 Å². The number of nitrogens with one attached hydrogen (secondary N) is 1. The smallest absolute Gasteiger partial charge is 0.348 e. The Bertz CT molecular complexity index is 773. The van der Waals surface area contributed by atoms with Crippen molar-refractivity contribution in [3.05, 3.63) is 50.2 Å². The number of carbonyl (C=O) groups excluding carboxylic acids is 2. The van der Waals surface area contributed by atoms with E-state index in [-0.39, 0.29) is 11.4 Å². The molecule has 0 atom stereocenters. The van der Waals surface area contributed by atoms with Crippen molar-refractivity contribution < 1.29 is 24.0 Å². The lowest BCUT2D eigenvalue weighted by molar-refractivity contribution is -0.385. The van der Waals surface area contributed by atoms with Crippen LogP contribution in [0.25, 0.3) is 0 Å². The minimum atomic E-state index is -0.585. The molecule has 1 aromatic heterocycles. The topological polar surface area (TPSA) is 108 Å². The van der Waals surface area contributed by atoms with Gasteiger partial charge in [-0.3, -0.25) is 14.9 Å². The number of amides is 1. The standard InChI is InChI=1S/C15H14N2O6S/c1-9-6-11(17(20)21)12(22-2)7-10(9)16-14(18)8-23-15(19)13-4-3-5-24-13/h3-7H,8H2,1-2H3,(H,16,18). The van der Waals surface area contributed by atoms with E-state index in [1.165, 1.54) is 30.6 Å². The lowest BCUT2D eigenvalue weighted by atomic mass is 10.1. The third-order valence-electron chi connectivity index (χ3n) is 3.05. The second kappa shape index (κ2) is 7.55. The molecule has 0 saturated heterocycles. The molecule has 0 aliphatic rings. The van der Waals surface area contributed by atoms with Gasteiger partial charge in [-0.15, -0.1) is 11.3 Å². The van der Waals surface area contributed by atoms with Crippen LogP contribution in [0.1, 0.15) is 15.2 Å². The Morgan fingerprint density at radius 3 is 2.71 bits per heavy atom. The summed E-state index contributed by atoms with van der Waals surface area (Å²) in [6.45, 7) is 1.15. The molecule has 2 rings (SSSR count). The number of ether oxygens (including phenoxy) is 2. The third-order valence-corrected chi connectivity index (χ3v) is 3.90. The summed E-state index contributed by atoms with van der Waals surface area (Å²) < 4.78 is 9.85. The predicted molar refractivity (Wildman–Crippen MR) is 87.6 cm³/mol. The number of thiophene rings is 1. The second-order valence-corrected chi connectivity index (χ2v) is 5.65. The summed E-state index contributed by atoms with van der Waals surface area (Å²) in [7, 11) is 1.30. The van der Waals surface area contributed by atoms with Gasteiger partial charge in [0.25, 0.3) is 5.91 Å². The molecule has 1 heterocycles. The fourth-order valence-electron chi connectivity index (χ4n) is 1.90. The summed E-state index contributed by atoms with van der Waals surface area (Å²) >= 11 is 1.21. The van der Waals surface area contributed by atoms with Crippen LogP contribution in [-0.2, 0) is 9.53 Å². The highest BCUT2D eigenvalue weighted by Crippen LogP contribution is 2.32. The molecule has 0 spiro atoms. The molecule has 1 N–H and O–H groups in total. The van der Waals surface area contributed by atoms with Crippen LogP contribution in [0.2, 0.25) is 0 Å². The van der Waals surface area contributed by atoms with Crippen molar-refractivity contribution in [3.8, 4) is 5.75 Å². The average molecular weight is 350 g/mol. The Kier molecular flexibility index (Phi) is 5.48. The van der Waals surface area contributed by atoms with Crippen molar-refractivity contribution >= 4 is 34.6 Å². The number of nitro benzene ring substituents is 1. The van der Waals surface area contributed by atoms with E-state index in [0.717, 1.165) is 0 Å². The first-order valence-electron chi connectivity index (χ1n) is 6.76. The first kappa shape index (κ1) is 17.4. The van der Waals surface area contributed by atoms with Crippen molar-refractivity contribution in [2.75, 3.05) is 19.0 Å². The minimum Gasteiger partial charge on any atom is -0.490 e. The van der Waals surface area contributed by atoms with Crippen LogP contribution in [0, 0.1) is 17.0 Å². The first-order valence-corrected chi connectivity index (χ1v) is 7.64. The number of nitro groups is 1. The van der Waals surface area contributed by atoms with Gasteiger partial charge in [-0.05, 0) is 23.9 Å². The van der Waals surface area contributed by atoms with E-state index < -0.39 is 23.4 Å². The number of benzene rings is 1. The number of esters is 1. The molecular weight excluding hydrogens is 336 g/mol. The van der Waals surface area contributed by atoms with Crippen LogP contribution in [-0.4, -0.2) is 30.5 Å². The van der Waals surface area contributed by atoms with Crippen molar-refractivity contribution in [2.24, 2.45) is 0 Å². The van der Waals surface area contributed by atoms with E-state index in [1.54, 1.807) is 24.4 Å². The number of nitrogens with zero attached hydrogens (tertiary/aromatic N) is 1. The molecule has 24 heavy (non-hydrogen) atoms. The quantitative estimate of drug-likeness (QED) is 0.487. The molecule has 0 saturated carbocycles. The maximum atomic E-state index is 11.9. The van der Waals surface area contributed by atoms with Crippen LogP contribution in [0.5, 0.6) is 5.75 Å². The van der Waals surface area contributed by atoms with Crippen LogP contribution in [0.3, 0.4) is 0 Å². The molecule has 0 fully saturated rings. The van der Waals surface area contributed by atoms with Gasteiger partial charge < -0.3 is 14.8 Å². The Morgan fingerprint density at radius 1 is 1.38 bits per heavy atom. The van der Waals surface area contributed by atoms with Gasteiger partial charge in [0.2, 0.25) is 0 Å². The summed E-state index contributed by atoms with van der Waals surface area (Å²) in [5, 5.41) is 15.2. The molecule has 8 nitrogen and oxygen atoms in total. The van der Waals surface area contributed by atoms with Gasteiger partial charge in [-0.2, -0.15) is 0 Å². The Labute approximate surface area is 141 Å². The average Bonchev–Trinajstić information content (AvgIpc) is 3.08. The zero-order valence-electron chi connectivity index (χ0n) is 12.9. The Hall–Kier alpha value is -2.94. The maximum absolute atomic E-state index is 11.9. The molecule has 0 aliphatic heterocycles. The highest BCUT2D eigenvalue weighted by molar-refractivity contribution is 7.11.